The van der Waals surface area contributed by atoms with Crippen LogP contribution in [-0.4, -0.2) is 24.4 Å². The summed E-state index contributed by atoms with van der Waals surface area (Å²) in [5.74, 6) is 1.07. The molecule has 0 saturated heterocycles. The first-order valence-electron chi connectivity index (χ1n) is 6.21. The summed E-state index contributed by atoms with van der Waals surface area (Å²) < 4.78 is 36.8. The number of rotatable bonds is 6. The molecule has 1 N–H and O–H groups in total. The Kier molecular flexibility index (Phi) is 4.32. The highest BCUT2D eigenvalue weighted by Gasteiger charge is 2.28. The lowest BCUT2D eigenvalue weighted by atomic mass is 10.4. The standard InChI is InChI=1S/C13H17NO5S/c1-3-14(8-11-5-4-6-18-11)20(16,17)13-7-12(9-15)19-10(13)2/h4-7,15H,3,8-9H2,1-2H3. The molecule has 0 radical (unpaired) electrons. The molecule has 0 saturated carbocycles. The smallest absolute Gasteiger partial charge is 0.246 e. The Morgan fingerprint density at radius 2 is 2.10 bits per heavy atom. The topological polar surface area (TPSA) is 83.9 Å². The average molecular weight is 299 g/mol. The molecule has 0 aliphatic carbocycles. The maximum Gasteiger partial charge on any atom is 0.246 e. The maximum atomic E-state index is 12.6. The number of aliphatic hydroxyl groups excluding tert-OH is 1. The fraction of sp³-hybridized carbons (Fsp3) is 0.385. The first-order valence-corrected chi connectivity index (χ1v) is 7.65. The normalized spacial score (nSPS) is 12.2. The molecular formula is C13H17NO5S. The van der Waals surface area contributed by atoms with E-state index in [1.807, 2.05) is 0 Å². The van der Waals surface area contributed by atoms with Crippen molar-refractivity contribution in [2.75, 3.05) is 6.54 Å². The van der Waals surface area contributed by atoms with E-state index < -0.39 is 10.0 Å². The van der Waals surface area contributed by atoms with Crippen molar-refractivity contribution >= 4 is 10.0 Å². The molecule has 0 aromatic carbocycles. The molecule has 2 rings (SSSR count). The zero-order valence-corrected chi connectivity index (χ0v) is 12.2. The van der Waals surface area contributed by atoms with Gasteiger partial charge in [-0.1, -0.05) is 6.92 Å². The van der Waals surface area contributed by atoms with E-state index in [2.05, 4.69) is 0 Å². The van der Waals surface area contributed by atoms with Gasteiger partial charge < -0.3 is 13.9 Å². The molecule has 0 bridgehead atoms. The molecule has 0 amide bonds. The second-order valence-corrected chi connectivity index (χ2v) is 6.21. The number of hydrogen-bond acceptors (Lipinski definition) is 5. The van der Waals surface area contributed by atoms with Crippen molar-refractivity contribution < 1.29 is 22.4 Å². The lowest BCUT2D eigenvalue weighted by molar-refractivity contribution is 0.244. The lowest BCUT2D eigenvalue weighted by Gasteiger charge is -2.18. The third-order valence-electron chi connectivity index (χ3n) is 2.96. The zero-order valence-electron chi connectivity index (χ0n) is 11.4. The van der Waals surface area contributed by atoms with Gasteiger partial charge in [-0.3, -0.25) is 0 Å². The summed E-state index contributed by atoms with van der Waals surface area (Å²) in [6.45, 7) is 3.45. The summed E-state index contributed by atoms with van der Waals surface area (Å²) >= 11 is 0. The molecule has 0 fully saturated rings. The number of hydrogen-bond donors (Lipinski definition) is 1. The van der Waals surface area contributed by atoms with Crippen molar-refractivity contribution in [2.24, 2.45) is 0 Å². The third kappa shape index (κ3) is 2.79. The van der Waals surface area contributed by atoms with Gasteiger partial charge in [0.15, 0.2) is 0 Å². The molecule has 0 aliphatic rings. The summed E-state index contributed by atoms with van der Waals surface area (Å²) in [4.78, 5) is 0.0787. The van der Waals surface area contributed by atoms with Gasteiger partial charge in [0.2, 0.25) is 10.0 Å². The minimum Gasteiger partial charge on any atom is -0.468 e. The van der Waals surface area contributed by atoms with E-state index in [-0.39, 0.29) is 29.6 Å². The number of aryl methyl sites for hydroxylation is 1. The van der Waals surface area contributed by atoms with Gasteiger partial charge in [-0.15, -0.1) is 0 Å². The van der Waals surface area contributed by atoms with Crippen LogP contribution in [0.1, 0.15) is 24.2 Å². The van der Waals surface area contributed by atoms with Crippen LogP contribution >= 0.6 is 0 Å². The van der Waals surface area contributed by atoms with E-state index in [9.17, 15) is 8.42 Å². The largest absolute Gasteiger partial charge is 0.468 e. The van der Waals surface area contributed by atoms with Gasteiger partial charge in [-0.05, 0) is 19.1 Å². The Hall–Kier alpha value is -1.57. The fourth-order valence-corrected chi connectivity index (χ4v) is 3.54. The van der Waals surface area contributed by atoms with E-state index in [1.54, 1.807) is 26.0 Å². The predicted octanol–water partition coefficient (Wildman–Crippen LogP) is 1.88. The summed E-state index contributed by atoms with van der Waals surface area (Å²) in [7, 11) is -3.68. The van der Waals surface area contributed by atoms with Crippen LogP contribution in [0.3, 0.4) is 0 Å². The molecule has 110 valence electrons. The van der Waals surface area contributed by atoms with Crippen LogP contribution in [0.25, 0.3) is 0 Å². The predicted molar refractivity (Wildman–Crippen MR) is 71.3 cm³/mol. The minimum absolute atomic E-state index is 0.0787. The highest BCUT2D eigenvalue weighted by atomic mass is 32.2. The van der Waals surface area contributed by atoms with Gasteiger partial charge in [0.1, 0.15) is 28.8 Å². The number of aliphatic hydroxyl groups is 1. The van der Waals surface area contributed by atoms with Crippen LogP contribution in [0.15, 0.2) is 38.2 Å². The van der Waals surface area contributed by atoms with Crippen LogP contribution < -0.4 is 0 Å². The number of nitrogens with zero attached hydrogens (tertiary/aromatic N) is 1. The van der Waals surface area contributed by atoms with Crippen molar-refractivity contribution in [3.63, 3.8) is 0 Å². The Bertz CT molecular complexity index is 657. The van der Waals surface area contributed by atoms with Gasteiger partial charge in [0.05, 0.1) is 12.8 Å². The fourth-order valence-electron chi connectivity index (χ4n) is 1.94. The van der Waals surface area contributed by atoms with Crippen LogP contribution in [0.4, 0.5) is 0 Å². The third-order valence-corrected chi connectivity index (χ3v) is 4.99. The summed E-state index contributed by atoms with van der Waals surface area (Å²) in [6, 6.07) is 4.79. The molecule has 0 spiro atoms. The molecule has 0 atom stereocenters. The van der Waals surface area contributed by atoms with E-state index in [1.165, 1.54) is 16.6 Å². The lowest BCUT2D eigenvalue weighted by Crippen LogP contribution is -2.30. The Morgan fingerprint density at radius 1 is 1.35 bits per heavy atom. The quantitative estimate of drug-likeness (QED) is 0.880. The van der Waals surface area contributed by atoms with Crippen molar-refractivity contribution in [1.29, 1.82) is 0 Å². The van der Waals surface area contributed by atoms with Crippen molar-refractivity contribution in [2.45, 2.75) is 31.9 Å². The molecule has 0 aliphatic heterocycles. The molecule has 0 unspecified atom stereocenters. The highest BCUT2D eigenvalue weighted by molar-refractivity contribution is 7.89. The molecule has 2 aromatic rings. The Balaban J connectivity index is 2.33. The van der Waals surface area contributed by atoms with Crippen molar-refractivity contribution in [3.05, 3.63) is 41.7 Å². The molecular weight excluding hydrogens is 282 g/mol. The van der Waals surface area contributed by atoms with Crippen LogP contribution in [0.2, 0.25) is 0 Å². The first-order chi connectivity index (χ1) is 9.48. The van der Waals surface area contributed by atoms with E-state index >= 15 is 0 Å². The summed E-state index contributed by atoms with van der Waals surface area (Å²) in [5, 5.41) is 9.03. The van der Waals surface area contributed by atoms with Gasteiger partial charge in [-0.2, -0.15) is 4.31 Å². The van der Waals surface area contributed by atoms with E-state index in [0.29, 0.717) is 12.3 Å². The molecule has 2 heterocycles. The van der Waals surface area contributed by atoms with Gasteiger partial charge in [0, 0.05) is 12.6 Å². The average Bonchev–Trinajstić information content (AvgIpc) is 3.04. The Morgan fingerprint density at radius 3 is 2.60 bits per heavy atom. The van der Waals surface area contributed by atoms with Crippen molar-refractivity contribution in [1.82, 2.24) is 4.31 Å². The van der Waals surface area contributed by atoms with Crippen LogP contribution in [-0.2, 0) is 23.2 Å². The van der Waals surface area contributed by atoms with Crippen LogP contribution in [0.5, 0.6) is 0 Å². The molecule has 7 heteroatoms. The monoisotopic (exact) mass is 299 g/mol. The summed E-state index contributed by atoms with van der Waals surface area (Å²) in [6.07, 6.45) is 1.50. The Labute approximate surface area is 117 Å². The summed E-state index contributed by atoms with van der Waals surface area (Å²) in [5.41, 5.74) is 0. The van der Waals surface area contributed by atoms with Gasteiger partial charge in [0.25, 0.3) is 0 Å². The molecule has 2 aromatic heterocycles. The number of sulfonamides is 1. The van der Waals surface area contributed by atoms with Gasteiger partial charge in [-0.25, -0.2) is 8.42 Å². The first kappa shape index (κ1) is 14.8. The van der Waals surface area contributed by atoms with E-state index in [0.717, 1.165) is 0 Å². The highest BCUT2D eigenvalue weighted by Crippen LogP contribution is 2.25. The van der Waals surface area contributed by atoms with Crippen molar-refractivity contribution in [3.8, 4) is 0 Å². The van der Waals surface area contributed by atoms with Gasteiger partial charge >= 0.3 is 0 Å². The minimum atomic E-state index is -3.68. The number of furan rings is 2. The maximum absolute atomic E-state index is 12.6. The molecule has 6 nitrogen and oxygen atoms in total. The van der Waals surface area contributed by atoms with E-state index in [4.69, 9.17) is 13.9 Å². The van der Waals surface area contributed by atoms with Crippen LogP contribution in [0, 0.1) is 6.92 Å². The second kappa shape index (κ2) is 5.82. The molecule has 20 heavy (non-hydrogen) atoms. The zero-order chi connectivity index (χ0) is 14.8. The second-order valence-electron chi connectivity index (χ2n) is 4.30. The SMILES string of the molecule is CCN(Cc1ccco1)S(=O)(=O)c1cc(CO)oc1C.